The highest BCUT2D eigenvalue weighted by Gasteiger charge is 2.06. The first-order valence-electron chi connectivity index (χ1n) is 7.09. The summed E-state index contributed by atoms with van der Waals surface area (Å²) >= 11 is 3.35. The third-order valence-corrected chi connectivity index (χ3v) is 3.44. The Balaban J connectivity index is 1.80. The Morgan fingerprint density at radius 1 is 1.13 bits per heavy atom. The van der Waals surface area contributed by atoms with E-state index in [2.05, 4.69) is 26.6 Å². The van der Waals surface area contributed by atoms with Crippen LogP contribution in [0.2, 0.25) is 0 Å². The number of anilines is 1. The van der Waals surface area contributed by atoms with Crippen LogP contribution in [0.25, 0.3) is 0 Å². The molecule has 0 radical (unpaired) electrons. The van der Waals surface area contributed by atoms with Gasteiger partial charge in [0, 0.05) is 22.6 Å². The molecule has 0 bridgehead atoms. The molecule has 2 rings (SSSR count). The summed E-state index contributed by atoms with van der Waals surface area (Å²) in [6.45, 7) is 2.18. The van der Waals surface area contributed by atoms with Gasteiger partial charge in [0.05, 0.1) is 6.54 Å². The molecule has 0 fully saturated rings. The van der Waals surface area contributed by atoms with Crippen molar-refractivity contribution >= 4 is 33.4 Å². The van der Waals surface area contributed by atoms with Crippen LogP contribution in [0.3, 0.4) is 0 Å². The van der Waals surface area contributed by atoms with Crippen molar-refractivity contribution in [2.75, 3.05) is 18.5 Å². The minimum absolute atomic E-state index is 0.176. The first-order valence-corrected chi connectivity index (χ1v) is 7.88. The van der Waals surface area contributed by atoms with E-state index in [9.17, 15) is 9.59 Å². The van der Waals surface area contributed by atoms with Gasteiger partial charge in [-0.05, 0) is 42.5 Å². The summed E-state index contributed by atoms with van der Waals surface area (Å²) in [5, 5.41) is 5.42. The van der Waals surface area contributed by atoms with Crippen LogP contribution in [0, 0.1) is 0 Å². The van der Waals surface area contributed by atoms with E-state index in [-0.39, 0.29) is 11.8 Å². The first kappa shape index (κ1) is 17.0. The quantitative estimate of drug-likeness (QED) is 0.760. The van der Waals surface area contributed by atoms with Gasteiger partial charge in [-0.2, -0.15) is 0 Å². The third kappa shape index (κ3) is 5.75. The number of carbonyl (C=O) groups excluding carboxylic acids is 2. The fraction of sp³-hybridized carbons (Fsp3) is 0.176. The molecular weight excluding hydrogens is 360 g/mol. The molecule has 0 aliphatic heterocycles. The fourth-order valence-electron chi connectivity index (χ4n) is 1.91. The summed E-state index contributed by atoms with van der Waals surface area (Å²) in [6.07, 6.45) is 0. The molecule has 2 N–H and O–H groups in total. The molecule has 2 amide bonds. The van der Waals surface area contributed by atoms with Crippen LogP contribution in [-0.2, 0) is 4.79 Å². The van der Waals surface area contributed by atoms with E-state index in [0.29, 0.717) is 24.4 Å². The highest BCUT2D eigenvalue weighted by atomic mass is 79.9. The maximum absolute atomic E-state index is 12.1. The number of benzene rings is 2. The molecule has 2 aromatic rings. The van der Waals surface area contributed by atoms with E-state index >= 15 is 0 Å². The normalized spacial score (nSPS) is 10.0. The summed E-state index contributed by atoms with van der Waals surface area (Å²) in [6, 6.07) is 14.3. The number of hydrogen-bond donors (Lipinski definition) is 2. The molecule has 0 spiro atoms. The van der Waals surface area contributed by atoms with Gasteiger partial charge in [-0.25, -0.2) is 0 Å². The number of rotatable bonds is 6. The number of amides is 2. The van der Waals surface area contributed by atoms with Gasteiger partial charge < -0.3 is 15.4 Å². The predicted molar refractivity (Wildman–Crippen MR) is 92.7 cm³/mol. The molecule has 0 aliphatic carbocycles. The van der Waals surface area contributed by atoms with Gasteiger partial charge in [-0.3, -0.25) is 9.59 Å². The average molecular weight is 377 g/mol. The Kier molecular flexibility index (Phi) is 6.17. The Labute approximate surface area is 143 Å². The highest BCUT2D eigenvalue weighted by molar-refractivity contribution is 9.10. The largest absolute Gasteiger partial charge is 0.492 e. The van der Waals surface area contributed by atoms with E-state index in [0.717, 1.165) is 10.2 Å². The molecule has 6 heteroatoms. The molecular formula is C17H17BrN2O3. The highest BCUT2D eigenvalue weighted by Crippen LogP contribution is 2.15. The summed E-state index contributed by atoms with van der Waals surface area (Å²) in [4.78, 5) is 23.1. The molecule has 0 heterocycles. The first-order chi connectivity index (χ1) is 11.0. The lowest BCUT2D eigenvalue weighted by molar-refractivity contribution is -0.114. The molecule has 0 saturated heterocycles. The van der Waals surface area contributed by atoms with Gasteiger partial charge in [0.2, 0.25) is 5.91 Å². The van der Waals surface area contributed by atoms with Crippen molar-refractivity contribution in [1.29, 1.82) is 0 Å². The summed E-state index contributed by atoms with van der Waals surface area (Å²) < 4.78 is 6.51. The van der Waals surface area contributed by atoms with Gasteiger partial charge in [0.25, 0.3) is 5.91 Å². The molecule has 0 aromatic heterocycles. The van der Waals surface area contributed by atoms with Crippen LogP contribution >= 0.6 is 15.9 Å². The second-order valence-electron chi connectivity index (χ2n) is 4.82. The van der Waals surface area contributed by atoms with E-state index in [4.69, 9.17) is 4.74 Å². The van der Waals surface area contributed by atoms with E-state index < -0.39 is 0 Å². The van der Waals surface area contributed by atoms with Crippen LogP contribution < -0.4 is 15.4 Å². The smallest absolute Gasteiger partial charge is 0.251 e. The Hall–Kier alpha value is -2.34. The Morgan fingerprint density at radius 2 is 1.87 bits per heavy atom. The molecule has 0 saturated carbocycles. The molecule has 2 aromatic carbocycles. The molecule has 0 aliphatic rings. The zero-order chi connectivity index (χ0) is 16.7. The number of hydrogen-bond acceptors (Lipinski definition) is 3. The number of nitrogens with one attached hydrogen (secondary N) is 2. The van der Waals surface area contributed by atoms with E-state index in [1.807, 2.05) is 24.3 Å². The van der Waals surface area contributed by atoms with Gasteiger partial charge in [0.1, 0.15) is 12.4 Å². The second kappa shape index (κ2) is 8.33. The molecule has 0 unspecified atom stereocenters. The van der Waals surface area contributed by atoms with Crippen molar-refractivity contribution in [2.45, 2.75) is 6.92 Å². The van der Waals surface area contributed by atoms with E-state index in [1.54, 1.807) is 24.3 Å². The lowest BCUT2D eigenvalue weighted by Crippen LogP contribution is -2.28. The minimum Gasteiger partial charge on any atom is -0.492 e. The maximum atomic E-state index is 12.1. The van der Waals surface area contributed by atoms with Crippen molar-refractivity contribution in [3.8, 4) is 5.75 Å². The SMILES string of the molecule is CC(=O)Nc1cccc(C(=O)NCCOc2ccc(Br)cc2)c1. The van der Waals surface area contributed by atoms with Gasteiger partial charge in [-0.1, -0.05) is 22.0 Å². The van der Waals surface area contributed by atoms with Crippen LogP contribution in [0.15, 0.2) is 53.0 Å². The summed E-state index contributed by atoms with van der Waals surface area (Å²) in [7, 11) is 0. The van der Waals surface area contributed by atoms with Crippen LogP contribution in [0.1, 0.15) is 17.3 Å². The molecule has 23 heavy (non-hydrogen) atoms. The lowest BCUT2D eigenvalue weighted by atomic mass is 10.2. The standard InChI is InChI=1S/C17H17BrN2O3/c1-12(21)20-15-4-2-3-13(11-15)17(22)19-9-10-23-16-7-5-14(18)6-8-16/h2-8,11H,9-10H2,1H3,(H,19,22)(H,20,21). The zero-order valence-electron chi connectivity index (χ0n) is 12.6. The summed E-state index contributed by atoms with van der Waals surface area (Å²) in [5.74, 6) is 0.358. The molecule has 120 valence electrons. The minimum atomic E-state index is -0.211. The monoisotopic (exact) mass is 376 g/mol. The summed E-state index contributed by atoms with van der Waals surface area (Å²) in [5.41, 5.74) is 1.08. The van der Waals surface area contributed by atoms with E-state index in [1.165, 1.54) is 6.92 Å². The maximum Gasteiger partial charge on any atom is 0.251 e. The molecule has 0 atom stereocenters. The average Bonchev–Trinajstić information content (AvgIpc) is 2.52. The van der Waals surface area contributed by atoms with Gasteiger partial charge in [0.15, 0.2) is 0 Å². The molecule has 5 nitrogen and oxygen atoms in total. The second-order valence-corrected chi connectivity index (χ2v) is 5.74. The van der Waals surface area contributed by atoms with Crippen LogP contribution in [0.5, 0.6) is 5.75 Å². The van der Waals surface area contributed by atoms with Crippen LogP contribution in [0.4, 0.5) is 5.69 Å². The lowest BCUT2D eigenvalue weighted by Gasteiger charge is -2.09. The topological polar surface area (TPSA) is 67.4 Å². The predicted octanol–water partition coefficient (Wildman–Crippen LogP) is 3.22. The Bertz CT molecular complexity index is 686. The van der Waals surface area contributed by atoms with Gasteiger partial charge >= 0.3 is 0 Å². The van der Waals surface area contributed by atoms with Gasteiger partial charge in [-0.15, -0.1) is 0 Å². The fourth-order valence-corrected chi connectivity index (χ4v) is 2.17. The van der Waals surface area contributed by atoms with Crippen molar-refractivity contribution in [2.24, 2.45) is 0 Å². The Morgan fingerprint density at radius 3 is 2.57 bits per heavy atom. The van der Waals surface area contributed by atoms with Crippen molar-refractivity contribution < 1.29 is 14.3 Å². The van der Waals surface area contributed by atoms with Crippen LogP contribution in [-0.4, -0.2) is 25.0 Å². The number of carbonyl (C=O) groups is 2. The van der Waals surface area contributed by atoms with Crippen molar-refractivity contribution in [3.63, 3.8) is 0 Å². The van der Waals surface area contributed by atoms with Crippen molar-refractivity contribution in [3.05, 3.63) is 58.6 Å². The zero-order valence-corrected chi connectivity index (χ0v) is 14.2. The third-order valence-electron chi connectivity index (χ3n) is 2.92. The van der Waals surface area contributed by atoms with Crippen molar-refractivity contribution in [1.82, 2.24) is 5.32 Å². The number of halogens is 1. The number of ether oxygens (including phenoxy) is 1.